The van der Waals surface area contributed by atoms with Gasteiger partial charge in [-0.1, -0.05) is 6.07 Å². The Bertz CT molecular complexity index is 431. The molecular formula is C15H21F2N. The molecule has 0 unspecified atom stereocenters. The Labute approximate surface area is 108 Å². The van der Waals surface area contributed by atoms with Gasteiger partial charge in [0.1, 0.15) is 0 Å². The maximum atomic E-state index is 13.2. The third kappa shape index (κ3) is 3.52. The minimum Gasteiger partial charge on any atom is -0.312 e. The third-order valence-electron chi connectivity index (χ3n) is 3.51. The smallest absolute Gasteiger partial charge is 0.159 e. The Morgan fingerprint density at radius 1 is 1.17 bits per heavy atom. The van der Waals surface area contributed by atoms with Crippen LogP contribution in [0.4, 0.5) is 8.78 Å². The van der Waals surface area contributed by atoms with Crippen LogP contribution >= 0.6 is 0 Å². The molecule has 1 N–H and O–H groups in total. The van der Waals surface area contributed by atoms with Crippen molar-refractivity contribution in [3.8, 4) is 0 Å². The maximum Gasteiger partial charge on any atom is 0.159 e. The van der Waals surface area contributed by atoms with Gasteiger partial charge in [0.25, 0.3) is 0 Å². The molecule has 0 amide bonds. The first-order valence-electron chi connectivity index (χ1n) is 6.49. The Hall–Kier alpha value is -0.960. The van der Waals surface area contributed by atoms with Crippen LogP contribution in [0.25, 0.3) is 0 Å². The minimum absolute atomic E-state index is 0.101. The van der Waals surface area contributed by atoms with Gasteiger partial charge in [0.2, 0.25) is 0 Å². The summed E-state index contributed by atoms with van der Waals surface area (Å²) in [5.74, 6) is -1.51. The van der Waals surface area contributed by atoms with Crippen molar-refractivity contribution in [3.05, 3.63) is 35.4 Å². The van der Waals surface area contributed by atoms with Crippen LogP contribution in [-0.4, -0.2) is 12.1 Å². The second-order valence-corrected chi connectivity index (χ2v) is 6.53. The van der Waals surface area contributed by atoms with E-state index in [-0.39, 0.29) is 11.0 Å². The molecule has 1 aromatic rings. The van der Waals surface area contributed by atoms with E-state index in [4.69, 9.17) is 0 Å². The molecule has 1 aliphatic rings. The van der Waals surface area contributed by atoms with Gasteiger partial charge in [0.15, 0.2) is 11.6 Å². The van der Waals surface area contributed by atoms with Crippen molar-refractivity contribution in [2.24, 2.45) is 5.41 Å². The van der Waals surface area contributed by atoms with Crippen molar-refractivity contribution in [1.82, 2.24) is 5.32 Å². The van der Waals surface area contributed by atoms with Gasteiger partial charge in [-0.15, -0.1) is 0 Å². The number of nitrogens with one attached hydrogen (secondary N) is 1. The van der Waals surface area contributed by atoms with Crippen LogP contribution < -0.4 is 5.32 Å². The first kappa shape index (κ1) is 13.5. The number of rotatable bonds is 4. The Kier molecular flexibility index (Phi) is 3.45. The first-order chi connectivity index (χ1) is 8.30. The highest BCUT2D eigenvalue weighted by Gasteiger charge is 2.42. The van der Waals surface area contributed by atoms with E-state index < -0.39 is 11.6 Å². The Morgan fingerprint density at radius 3 is 2.33 bits per heavy atom. The van der Waals surface area contributed by atoms with E-state index in [1.807, 2.05) is 0 Å². The van der Waals surface area contributed by atoms with Crippen molar-refractivity contribution in [1.29, 1.82) is 0 Å². The fourth-order valence-corrected chi connectivity index (χ4v) is 2.13. The topological polar surface area (TPSA) is 12.0 Å². The molecule has 0 aliphatic heterocycles. The Balaban J connectivity index is 1.98. The zero-order valence-corrected chi connectivity index (χ0v) is 11.3. The SMILES string of the molecule is CC(C)(C)NCC1(Cc2ccc(F)c(F)c2)CC1. The highest BCUT2D eigenvalue weighted by molar-refractivity contribution is 5.21. The summed E-state index contributed by atoms with van der Waals surface area (Å²) in [5, 5.41) is 3.50. The normalized spacial score (nSPS) is 17.8. The van der Waals surface area contributed by atoms with Crippen LogP contribution in [0.15, 0.2) is 18.2 Å². The molecule has 2 rings (SSSR count). The molecule has 100 valence electrons. The van der Waals surface area contributed by atoms with Gasteiger partial charge in [-0.05, 0) is 63.1 Å². The molecule has 1 saturated carbocycles. The third-order valence-corrected chi connectivity index (χ3v) is 3.51. The molecule has 0 spiro atoms. The highest BCUT2D eigenvalue weighted by atomic mass is 19.2. The molecule has 18 heavy (non-hydrogen) atoms. The van der Waals surface area contributed by atoms with E-state index in [0.717, 1.165) is 31.4 Å². The highest BCUT2D eigenvalue weighted by Crippen LogP contribution is 2.48. The number of benzene rings is 1. The molecule has 0 radical (unpaired) electrons. The summed E-state index contributed by atoms with van der Waals surface area (Å²) >= 11 is 0. The second-order valence-electron chi connectivity index (χ2n) is 6.53. The van der Waals surface area contributed by atoms with Crippen molar-refractivity contribution < 1.29 is 8.78 Å². The first-order valence-corrected chi connectivity index (χ1v) is 6.49. The predicted octanol–water partition coefficient (Wildman–Crippen LogP) is 3.68. The standard InChI is InChI=1S/C15H21F2N/c1-14(2,3)18-10-15(6-7-15)9-11-4-5-12(16)13(17)8-11/h4-5,8,18H,6-7,9-10H2,1-3H3. The van der Waals surface area contributed by atoms with E-state index in [9.17, 15) is 8.78 Å². The lowest BCUT2D eigenvalue weighted by Gasteiger charge is -2.25. The van der Waals surface area contributed by atoms with Gasteiger partial charge in [-0.3, -0.25) is 0 Å². The average molecular weight is 253 g/mol. The summed E-state index contributed by atoms with van der Waals surface area (Å²) in [6.45, 7) is 7.36. The molecule has 0 bridgehead atoms. The van der Waals surface area contributed by atoms with Gasteiger partial charge in [-0.2, -0.15) is 0 Å². The molecule has 0 heterocycles. The summed E-state index contributed by atoms with van der Waals surface area (Å²) < 4.78 is 26.0. The fraction of sp³-hybridized carbons (Fsp3) is 0.600. The van der Waals surface area contributed by atoms with E-state index >= 15 is 0 Å². The van der Waals surface area contributed by atoms with Gasteiger partial charge >= 0.3 is 0 Å². The average Bonchev–Trinajstić information content (AvgIpc) is 3.01. The second kappa shape index (κ2) is 4.61. The van der Waals surface area contributed by atoms with E-state index in [2.05, 4.69) is 26.1 Å². The van der Waals surface area contributed by atoms with Gasteiger partial charge in [0, 0.05) is 12.1 Å². The van der Waals surface area contributed by atoms with Crippen molar-refractivity contribution in [3.63, 3.8) is 0 Å². The lowest BCUT2D eigenvalue weighted by atomic mass is 9.95. The molecule has 3 heteroatoms. The van der Waals surface area contributed by atoms with Crippen LogP contribution in [0.1, 0.15) is 39.2 Å². The van der Waals surface area contributed by atoms with Crippen LogP contribution in [0.5, 0.6) is 0 Å². The number of hydrogen-bond donors (Lipinski definition) is 1. The maximum absolute atomic E-state index is 13.2. The summed E-state index contributed by atoms with van der Waals surface area (Å²) in [4.78, 5) is 0. The minimum atomic E-state index is -0.767. The molecular weight excluding hydrogens is 232 g/mol. The quantitative estimate of drug-likeness (QED) is 0.863. The zero-order chi connectivity index (χ0) is 13.4. The lowest BCUT2D eigenvalue weighted by Crippen LogP contribution is -2.40. The van der Waals surface area contributed by atoms with E-state index in [1.165, 1.54) is 12.1 Å². The van der Waals surface area contributed by atoms with Gasteiger partial charge in [-0.25, -0.2) is 8.78 Å². The molecule has 0 saturated heterocycles. The molecule has 0 aromatic heterocycles. The monoisotopic (exact) mass is 253 g/mol. The van der Waals surface area contributed by atoms with Crippen LogP contribution in [0.2, 0.25) is 0 Å². The zero-order valence-electron chi connectivity index (χ0n) is 11.3. The lowest BCUT2D eigenvalue weighted by molar-refractivity contribution is 0.356. The molecule has 1 nitrogen and oxygen atoms in total. The Morgan fingerprint density at radius 2 is 1.83 bits per heavy atom. The number of halogens is 2. The largest absolute Gasteiger partial charge is 0.312 e. The van der Waals surface area contributed by atoms with Crippen LogP contribution in [-0.2, 0) is 6.42 Å². The van der Waals surface area contributed by atoms with Gasteiger partial charge in [0.05, 0.1) is 0 Å². The fourth-order valence-electron chi connectivity index (χ4n) is 2.13. The summed E-state index contributed by atoms with van der Waals surface area (Å²) in [5.41, 5.74) is 1.24. The molecule has 1 aromatic carbocycles. The molecule has 0 atom stereocenters. The summed E-state index contributed by atoms with van der Waals surface area (Å²) in [7, 11) is 0. The van der Waals surface area contributed by atoms with Gasteiger partial charge < -0.3 is 5.32 Å². The van der Waals surface area contributed by atoms with Crippen molar-refractivity contribution in [2.45, 2.75) is 45.6 Å². The summed E-state index contributed by atoms with van der Waals surface area (Å²) in [6, 6.07) is 4.24. The molecule has 1 fully saturated rings. The molecule has 1 aliphatic carbocycles. The summed E-state index contributed by atoms with van der Waals surface area (Å²) in [6.07, 6.45) is 3.15. The van der Waals surface area contributed by atoms with E-state index in [1.54, 1.807) is 6.07 Å². The van der Waals surface area contributed by atoms with Crippen LogP contribution in [0.3, 0.4) is 0 Å². The predicted molar refractivity (Wildman–Crippen MR) is 69.5 cm³/mol. The van der Waals surface area contributed by atoms with Crippen LogP contribution in [0, 0.1) is 17.0 Å². The van der Waals surface area contributed by atoms with Crippen molar-refractivity contribution in [2.75, 3.05) is 6.54 Å². The van der Waals surface area contributed by atoms with Crippen molar-refractivity contribution >= 4 is 0 Å². The van der Waals surface area contributed by atoms with E-state index in [0.29, 0.717) is 0 Å². The number of hydrogen-bond acceptors (Lipinski definition) is 1.